The monoisotopic (exact) mass is 267 g/mol. The number of methoxy groups -OCH3 is 1. The molecule has 1 atom stereocenters. The van der Waals surface area contributed by atoms with Gasteiger partial charge < -0.3 is 20.3 Å². The molecule has 19 heavy (non-hydrogen) atoms. The molecule has 0 aromatic heterocycles. The van der Waals surface area contributed by atoms with Crippen molar-refractivity contribution in [2.24, 2.45) is 0 Å². The molecule has 1 amide bonds. The van der Waals surface area contributed by atoms with Crippen molar-refractivity contribution in [3.05, 3.63) is 29.8 Å². The second kappa shape index (κ2) is 6.19. The first-order valence-corrected chi connectivity index (χ1v) is 5.71. The van der Waals surface area contributed by atoms with Crippen LogP contribution in [0.1, 0.15) is 23.7 Å². The maximum atomic E-state index is 11.9. The number of carbonyl (C=O) groups excluding carboxylic acids is 1. The van der Waals surface area contributed by atoms with Crippen LogP contribution in [0.3, 0.4) is 0 Å². The van der Waals surface area contributed by atoms with Crippen molar-refractivity contribution in [3.63, 3.8) is 0 Å². The van der Waals surface area contributed by atoms with Gasteiger partial charge in [0.1, 0.15) is 5.75 Å². The van der Waals surface area contributed by atoms with E-state index in [2.05, 4.69) is 5.32 Å². The van der Waals surface area contributed by atoms with Crippen molar-refractivity contribution >= 4 is 11.9 Å². The Morgan fingerprint density at radius 1 is 1.37 bits per heavy atom. The van der Waals surface area contributed by atoms with Crippen LogP contribution < -0.4 is 10.1 Å². The SMILES string of the molecule is COc1ccccc1C(=O)NCC(C)(O)CC(=O)O. The first kappa shape index (κ1) is 15.0. The van der Waals surface area contributed by atoms with E-state index in [-0.39, 0.29) is 6.54 Å². The molecule has 3 N–H and O–H groups in total. The Balaban J connectivity index is 2.68. The molecule has 0 saturated heterocycles. The van der Waals surface area contributed by atoms with Crippen molar-refractivity contribution in [3.8, 4) is 5.75 Å². The van der Waals surface area contributed by atoms with Gasteiger partial charge in [0.15, 0.2) is 0 Å². The topological polar surface area (TPSA) is 95.9 Å². The molecular weight excluding hydrogens is 250 g/mol. The molecule has 1 rings (SSSR count). The van der Waals surface area contributed by atoms with Crippen LogP contribution in [0.15, 0.2) is 24.3 Å². The van der Waals surface area contributed by atoms with Crippen LogP contribution in [0, 0.1) is 0 Å². The van der Waals surface area contributed by atoms with Crippen molar-refractivity contribution < 1.29 is 24.5 Å². The summed E-state index contributed by atoms with van der Waals surface area (Å²) in [5.41, 5.74) is -1.17. The van der Waals surface area contributed by atoms with Crippen LogP contribution in [0.25, 0.3) is 0 Å². The molecular formula is C13H17NO5. The van der Waals surface area contributed by atoms with Crippen molar-refractivity contribution in [2.75, 3.05) is 13.7 Å². The highest BCUT2D eigenvalue weighted by atomic mass is 16.5. The molecule has 0 aliphatic carbocycles. The molecule has 0 radical (unpaired) electrons. The van der Waals surface area contributed by atoms with E-state index in [1.54, 1.807) is 24.3 Å². The van der Waals surface area contributed by atoms with Gasteiger partial charge in [-0.1, -0.05) is 12.1 Å². The van der Waals surface area contributed by atoms with Gasteiger partial charge in [-0.2, -0.15) is 0 Å². The Bertz CT molecular complexity index is 470. The summed E-state index contributed by atoms with van der Waals surface area (Å²) in [4.78, 5) is 22.4. The first-order chi connectivity index (χ1) is 8.85. The van der Waals surface area contributed by atoms with E-state index in [4.69, 9.17) is 9.84 Å². The number of aliphatic carboxylic acids is 1. The average molecular weight is 267 g/mol. The van der Waals surface area contributed by atoms with E-state index in [0.29, 0.717) is 11.3 Å². The minimum absolute atomic E-state index is 0.157. The predicted octanol–water partition coefficient (Wildman–Crippen LogP) is 0.651. The Labute approximate surface area is 111 Å². The number of hydrogen-bond acceptors (Lipinski definition) is 4. The molecule has 0 saturated carbocycles. The third kappa shape index (κ3) is 4.59. The summed E-state index contributed by atoms with van der Waals surface area (Å²) in [5, 5.41) is 20.9. The Morgan fingerprint density at radius 2 is 2.00 bits per heavy atom. The second-order valence-electron chi connectivity index (χ2n) is 4.45. The lowest BCUT2D eigenvalue weighted by Crippen LogP contribution is -2.42. The van der Waals surface area contributed by atoms with E-state index in [0.717, 1.165) is 0 Å². The molecule has 0 fully saturated rings. The van der Waals surface area contributed by atoms with Gasteiger partial charge in [-0.3, -0.25) is 9.59 Å². The third-order valence-corrected chi connectivity index (χ3v) is 2.51. The van der Waals surface area contributed by atoms with E-state index < -0.39 is 23.9 Å². The summed E-state index contributed by atoms with van der Waals surface area (Å²) < 4.78 is 5.05. The van der Waals surface area contributed by atoms with Crippen LogP contribution in [-0.2, 0) is 4.79 Å². The standard InChI is InChI=1S/C13H17NO5/c1-13(18,7-11(15)16)8-14-12(17)9-5-3-4-6-10(9)19-2/h3-6,18H,7-8H2,1-2H3,(H,14,17)(H,15,16). The maximum Gasteiger partial charge on any atom is 0.306 e. The van der Waals surface area contributed by atoms with Crippen LogP contribution in [0.5, 0.6) is 5.75 Å². The van der Waals surface area contributed by atoms with Crippen LogP contribution in [0.2, 0.25) is 0 Å². The molecule has 1 aromatic rings. The number of ether oxygens (including phenoxy) is 1. The fourth-order valence-corrected chi connectivity index (χ4v) is 1.59. The fraction of sp³-hybridized carbons (Fsp3) is 0.385. The lowest BCUT2D eigenvalue weighted by Gasteiger charge is -2.21. The first-order valence-electron chi connectivity index (χ1n) is 5.71. The summed E-state index contributed by atoms with van der Waals surface area (Å²) in [6.45, 7) is 1.19. The number of nitrogens with one attached hydrogen (secondary N) is 1. The normalized spacial score (nSPS) is 13.4. The summed E-state index contributed by atoms with van der Waals surface area (Å²) >= 11 is 0. The van der Waals surface area contributed by atoms with E-state index >= 15 is 0 Å². The molecule has 0 aliphatic rings. The highest BCUT2D eigenvalue weighted by Crippen LogP contribution is 2.17. The zero-order valence-corrected chi connectivity index (χ0v) is 10.8. The fourth-order valence-electron chi connectivity index (χ4n) is 1.59. The zero-order chi connectivity index (χ0) is 14.5. The molecule has 1 unspecified atom stereocenters. The smallest absolute Gasteiger partial charge is 0.306 e. The second-order valence-corrected chi connectivity index (χ2v) is 4.45. The van der Waals surface area contributed by atoms with Crippen LogP contribution in [0.4, 0.5) is 0 Å². The lowest BCUT2D eigenvalue weighted by atomic mass is 10.0. The molecule has 104 valence electrons. The summed E-state index contributed by atoms with van der Waals surface area (Å²) in [5.74, 6) is -1.14. The van der Waals surface area contributed by atoms with E-state index in [1.165, 1.54) is 14.0 Å². The van der Waals surface area contributed by atoms with Gasteiger partial charge in [0.2, 0.25) is 0 Å². The van der Waals surface area contributed by atoms with Gasteiger partial charge in [0.25, 0.3) is 5.91 Å². The highest BCUT2D eigenvalue weighted by molar-refractivity contribution is 5.96. The number of rotatable bonds is 6. The number of carbonyl (C=O) groups is 2. The lowest BCUT2D eigenvalue weighted by molar-refractivity contribution is -0.141. The van der Waals surface area contributed by atoms with Crippen molar-refractivity contribution in [1.82, 2.24) is 5.32 Å². The van der Waals surface area contributed by atoms with Crippen LogP contribution >= 0.6 is 0 Å². The van der Waals surface area contributed by atoms with Gasteiger partial charge in [0.05, 0.1) is 24.7 Å². The molecule has 0 aliphatic heterocycles. The molecule has 1 aromatic carbocycles. The summed E-state index contributed by atoms with van der Waals surface area (Å²) in [7, 11) is 1.45. The third-order valence-electron chi connectivity index (χ3n) is 2.51. The number of carboxylic acid groups (broad SMARTS) is 1. The summed E-state index contributed by atoms with van der Waals surface area (Å²) in [6, 6.07) is 6.65. The number of para-hydroxylation sites is 1. The minimum atomic E-state index is -1.50. The summed E-state index contributed by atoms with van der Waals surface area (Å²) in [6.07, 6.45) is -0.445. The predicted molar refractivity (Wildman–Crippen MR) is 68.2 cm³/mol. The highest BCUT2D eigenvalue weighted by Gasteiger charge is 2.25. The maximum absolute atomic E-state index is 11.9. The van der Waals surface area contributed by atoms with Crippen molar-refractivity contribution in [2.45, 2.75) is 18.9 Å². The van der Waals surface area contributed by atoms with Crippen molar-refractivity contribution in [1.29, 1.82) is 0 Å². The largest absolute Gasteiger partial charge is 0.496 e. The van der Waals surface area contributed by atoms with Gasteiger partial charge in [0, 0.05) is 6.54 Å². The van der Waals surface area contributed by atoms with Crippen LogP contribution in [-0.4, -0.2) is 41.3 Å². The quantitative estimate of drug-likeness (QED) is 0.703. The van der Waals surface area contributed by atoms with E-state index in [9.17, 15) is 14.7 Å². The zero-order valence-electron chi connectivity index (χ0n) is 10.8. The number of benzene rings is 1. The van der Waals surface area contributed by atoms with Gasteiger partial charge in [-0.15, -0.1) is 0 Å². The Hall–Kier alpha value is -2.08. The molecule has 6 heteroatoms. The molecule has 6 nitrogen and oxygen atoms in total. The Morgan fingerprint density at radius 3 is 2.58 bits per heavy atom. The van der Waals surface area contributed by atoms with E-state index in [1.807, 2.05) is 0 Å². The number of carboxylic acids is 1. The molecule has 0 bridgehead atoms. The number of hydrogen-bond donors (Lipinski definition) is 3. The number of amides is 1. The average Bonchev–Trinajstić information content (AvgIpc) is 2.34. The minimum Gasteiger partial charge on any atom is -0.496 e. The van der Waals surface area contributed by atoms with Gasteiger partial charge in [-0.25, -0.2) is 0 Å². The number of aliphatic hydroxyl groups is 1. The Kier molecular flexibility index (Phi) is 4.88. The van der Waals surface area contributed by atoms with Gasteiger partial charge in [-0.05, 0) is 19.1 Å². The molecule has 0 heterocycles. The molecule has 0 spiro atoms. The van der Waals surface area contributed by atoms with Gasteiger partial charge >= 0.3 is 5.97 Å².